The third-order valence-corrected chi connectivity index (χ3v) is 2.18. The summed E-state index contributed by atoms with van der Waals surface area (Å²) in [4.78, 5) is 30.3. The molecule has 1 aromatic heterocycles. The van der Waals surface area contributed by atoms with Crippen molar-refractivity contribution in [3.05, 3.63) is 32.1 Å². The molecule has 0 saturated heterocycles. The zero-order valence-electron chi connectivity index (χ0n) is 9.47. The van der Waals surface area contributed by atoms with Crippen molar-refractivity contribution in [3.8, 4) is 0 Å². The molecule has 0 atom stereocenters. The second kappa shape index (κ2) is 4.73. The molecule has 0 aromatic carbocycles. The van der Waals surface area contributed by atoms with Crippen LogP contribution < -0.4 is 0 Å². The molecule has 98 valence electrons. The first-order valence-electron chi connectivity index (χ1n) is 4.58. The van der Waals surface area contributed by atoms with E-state index in [1.165, 1.54) is 0 Å². The molecule has 11 heteroatoms. The van der Waals surface area contributed by atoms with Crippen LogP contribution in [0, 0.1) is 20.2 Å². The molecule has 0 amide bonds. The highest BCUT2D eigenvalue weighted by Crippen LogP contribution is 2.13. The average Bonchev–Trinajstić information content (AvgIpc) is 2.75. The minimum absolute atomic E-state index is 0.188. The molecule has 18 heavy (non-hydrogen) atoms. The Morgan fingerprint density at radius 3 is 2.50 bits per heavy atom. The highest BCUT2D eigenvalue weighted by Gasteiger charge is 2.51. The maximum atomic E-state index is 11.1. The van der Waals surface area contributed by atoms with Gasteiger partial charge in [-0.1, -0.05) is 5.21 Å². The van der Waals surface area contributed by atoms with Gasteiger partial charge in [0.15, 0.2) is 12.2 Å². The highest BCUT2D eigenvalue weighted by molar-refractivity contribution is 5.86. The summed E-state index contributed by atoms with van der Waals surface area (Å²) in [5, 5.41) is 28.1. The van der Waals surface area contributed by atoms with Crippen LogP contribution in [0.4, 0.5) is 0 Å². The highest BCUT2D eigenvalue weighted by atomic mass is 16.7. The molecular formula is C7H9N5O6. The van der Waals surface area contributed by atoms with E-state index in [0.29, 0.717) is 0 Å². The Morgan fingerprint density at radius 1 is 1.50 bits per heavy atom. The van der Waals surface area contributed by atoms with E-state index >= 15 is 0 Å². The fourth-order valence-corrected chi connectivity index (χ4v) is 1.06. The number of hydrogen-bond acceptors (Lipinski definition) is 8. The van der Waals surface area contributed by atoms with Gasteiger partial charge in [-0.3, -0.25) is 20.2 Å². The first-order chi connectivity index (χ1) is 8.31. The zero-order chi connectivity index (χ0) is 13.9. The van der Waals surface area contributed by atoms with Crippen molar-refractivity contribution in [2.45, 2.75) is 19.1 Å². The van der Waals surface area contributed by atoms with Crippen molar-refractivity contribution < 1.29 is 19.4 Å². The Labute approximate surface area is 99.6 Å². The Bertz CT molecular complexity index is 482. The lowest BCUT2D eigenvalue weighted by Crippen LogP contribution is -2.47. The summed E-state index contributed by atoms with van der Waals surface area (Å²) in [5.74, 6) is -0.787. The van der Waals surface area contributed by atoms with Gasteiger partial charge in [0.05, 0.1) is 20.2 Å². The summed E-state index contributed by atoms with van der Waals surface area (Å²) in [6, 6.07) is 0. The summed E-state index contributed by atoms with van der Waals surface area (Å²) in [7, 11) is 1.12. The molecule has 0 unspecified atom stereocenters. The lowest BCUT2D eigenvalue weighted by atomic mass is 10.2. The normalized spacial score (nSPS) is 11.0. The number of nitrogens with zero attached hydrogens (tertiary/aromatic N) is 5. The van der Waals surface area contributed by atoms with Crippen molar-refractivity contribution in [2.75, 3.05) is 7.11 Å². The number of methoxy groups -OCH3 is 1. The number of ether oxygens (including phenoxy) is 1. The lowest BCUT2D eigenvalue weighted by molar-refractivity contribution is -0.794. The second-order valence-corrected chi connectivity index (χ2v) is 3.52. The fraction of sp³-hybridized carbons (Fsp3) is 0.571. The maximum Gasteiger partial charge on any atom is 0.474 e. The van der Waals surface area contributed by atoms with Gasteiger partial charge in [-0.2, -0.15) is 0 Å². The van der Waals surface area contributed by atoms with Gasteiger partial charge in [-0.15, -0.1) is 5.10 Å². The fourth-order valence-electron chi connectivity index (χ4n) is 1.06. The first-order valence-corrected chi connectivity index (χ1v) is 4.58. The van der Waals surface area contributed by atoms with Gasteiger partial charge < -0.3 is 4.74 Å². The smallest absolute Gasteiger partial charge is 0.464 e. The van der Waals surface area contributed by atoms with Crippen LogP contribution in [0.25, 0.3) is 0 Å². The van der Waals surface area contributed by atoms with Gasteiger partial charge in [0, 0.05) is 0 Å². The second-order valence-electron chi connectivity index (χ2n) is 3.52. The molecule has 0 aliphatic carbocycles. The van der Waals surface area contributed by atoms with Crippen LogP contribution in [-0.2, 0) is 11.3 Å². The van der Waals surface area contributed by atoms with Crippen molar-refractivity contribution in [1.29, 1.82) is 0 Å². The van der Waals surface area contributed by atoms with Gasteiger partial charge in [-0.05, 0) is 0 Å². The van der Waals surface area contributed by atoms with Crippen LogP contribution in [0.3, 0.4) is 0 Å². The largest absolute Gasteiger partial charge is 0.474 e. The number of rotatable bonds is 5. The number of carbonyl (C=O) groups excluding carboxylic acids is 1. The first kappa shape index (κ1) is 13.5. The molecule has 0 fully saturated rings. The minimum atomic E-state index is -2.44. The van der Waals surface area contributed by atoms with Crippen molar-refractivity contribution >= 4 is 5.97 Å². The SMILES string of the molecule is COC(=O)c1cn(CC(C)([N+](=O)[O-])[N+](=O)[O-])nn1. The topological polar surface area (TPSA) is 143 Å². The van der Waals surface area contributed by atoms with E-state index in [1.807, 2.05) is 0 Å². The van der Waals surface area contributed by atoms with Crippen LogP contribution in [0.15, 0.2) is 6.20 Å². The molecule has 0 spiro atoms. The predicted molar refractivity (Wildman–Crippen MR) is 53.8 cm³/mol. The summed E-state index contributed by atoms with van der Waals surface area (Å²) >= 11 is 0. The summed E-state index contributed by atoms with van der Waals surface area (Å²) in [5.41, 5.74) is -2.63. The van der Waals surface area contributed by atoms with E-state index in [4.69, 9.17) is 0 Å². The van der Waals surface area contributed by atoms with Crippen molar-refractivity contribution in [2.24, 2.45) is 0 Å². The van der Waals surface area contributed by atoms with Crippen LogP contribution in [0.2, 0.25) is 0 Å². The molecular weight excluding hydrogens is 250 g/mol. The number of hydrogen-bond donors (Lipinski definition) is 0. The number of nitro groups is 2. The standard InChI is InChI=1S/C7H9N5O6/c1-7(11(14)15,12(16)17)4-10-3-5(8-9-10)6(13)18-2/h3H,4H2,1-2H3. The molecule has 0 N–H and O–H groups in total. The molecule has 0 saturated carbocycles. The van der Waals surface area contributed by atoms with Crippen LogP contribution in [0.1, 0.15) is 17.4 Å². The molecule has 1 aromatic rings. The number of esters is 1. The minimum Gasteiger partial charge on any atom is -0.464 e. The number of aromatic nitrogens is 3. The van der Waals surface area contributed by atoms with Gasteiger partial charge in [0.1, 0.15) is 9.85 Å². The lowest BCUT2D eigenvalue weighted by Gasteiger charge is -2.11. The predicted octanol–water partition coefficient (Wildman–Crippen LogP) is -0.666. The van der Waals surface area contributed by atoms with Gasteiger partial charge >= 0.3 is 11.6 Å². The Hall–Kier alpha value is -2.59. The molecule has 0 radical (unpaired) electrons. The van der Waals surface area contributed by atoms with Crippen molar-refractivity contribution in [1.82, 2.24) is 15.0 Å². The quantitative estimate of drug-likeness (QED) is 0.293. The molecule has 0 aliphatic heterocycles. The van der Waals surface area contributed by atoms with E-state index < -0.39 is 28.0 Å². The molecule has 11 nitrogen and oxygen atoms in total. The summed E-state index contributed by atoms with van der Waals surface area (Å²) < 4.78 is 5.20. The maximum absolute atomic E-state index is 11.1. The average molecular weight is 259 g/mol. The summed E-state index contributed by atoms with van der Waals surface area (Å²) in [6.07, 6.45) is 1.04. The van der Waals surface area contributed by atoms with Crippen LogP contribution >= 0.6 is 0 Å². The molecule has 0 bridgehead atoms. The van der Waals surface area contributed by atoms with E-state index in [9.17, 15) is 25.0 Å². The van der Waals surface area contributed by atoms with E-state index in [2.05, 4.69) is 15.0 Å². The van der Waals surface area contributed by atoms with Gasteiger partial charge in [-0.25, -0.2) is 9.48 Å². The Balaban J connectivity index is 2.96. The Morgan fingerprint density at radius 2 is 2.06 bits per heavy atom. The zero-order valence-corrected chi connectivity index (χ0v) is 9.47. The molecule has 0 aliphatic rings. The van der Waals surface area contributed by atoms with Gasteiger partial charge in [0.25, 0.3) is 0 Å². The van der Waals surface area contributed by atoms with E-state index in [1.54, 1.807) is 0 Å². The Kier molecular flexibility index (Phi) is 3.54. The van der Waals surface area contributed by atoms with E-state index in [0.717, 1.165) is 24.9 Å². The van der Waals surface area contributed by atoms with Crippen molar-refractivity contribution in [3.63, 3.8) is 0 Å². The molecule has 1 rings (SSSR count). The molecule has 1 heterocycles. The van der Waals surface area contributed by atoms with Crippen LogP contribution in [-0.4, -0.2) is 43.6 Å². The summed E-state index contributed by atoms with van der Waals surface area (Å²) in [6.45, 7) is 0.184. The van der Waals surface area contributed by atoms with E-state index in [-0.39, 0.29) is 5.69 Å². The monoisotopic (exact) mass is 259 g/mol. The van der Waals surface area contributed by atoms with Crippen LogP contribution in [0.5, 0.6) is 0 Å². The third kappa shape index (κ3) is 2.39. The van der Waals surface area contributed by atoms with Gasteiger partial charge in [0.2, 0.25) is 0 Å². The third-order valence-electron chi connectivity index (χ3n) is 2.18. The number of carbonyl (C=O) groups is 1.